The summed E-state index contributed by atoms with van der Waals surface area (Å²) in [6.07, 6.45) is 2.90. The SMILES string of the molecule is CCN1CCN(c2ccc(Nc3nc(N)c4scc(-c5cccc(NS(C)(=O)=O)c5)c4n3)cn2)CC1. The van der Waals surface area contributed by atoms with Gasteiger partial charge < -0.3 is 20.9 Å². The largest absolute Gasteiger partial charge is 0.382 e. The van der Waals surface area contributed by atoms with Gasteiger partial charge in [-0.2, -0.15) is 4.98 Å². The minimum atomic E-state index is -3.38. The van der Waals surface area contributed by atoms with Crippen LogP contribution >= 0.6 is 11.3 Å². The Morgan fingerprint density at radius 1 is 1.08 bits per heavy atom. The Morgan fingerprint density at radius 2 is 1.89 bits per heavy atom. The standard InChI is InChI=1S/C24H28N8O2S2/c1-3-31-9-11-32(12-10-31)20-8-7-18(14-26-20)27-24-28-21-19(15-35-22(21)23(25)29-24)16-5-4-6-17(13-16)30-36(2,33)34/h4-8,13-15,30H,3,9-12H2,1-2H3,(H3,25,27,28,29). The normalized spacial score (nSPS) is 14.8. The smallest absolute Gasteiger partial charge is 0.229 e. The molecule has 4 aromatic rings. The number of nitrogen functional groups attached to an aromatic ring is 1. The molecular formula is C24H28N8O2S2. The quantitative estimate of drug-likeness (QED) is 0.332. The second-order valence-electron chi connectivity index (χ2n) is 8.67. The van der Waals surface area contributed by atoms with Crippen LogP contribution < -0.4 is 20.7 Å². The number of sulfonamides is 1. The second-order valence-corrected chi connectivity index (χ2v) is 11.3. The molecule has 4 N–H and O–H groups in total. The van der Waals surface area contributed by atoms with Crippen LogP contribution in [0.4, 0.5) is 29.0 Å². The third-order valence-corrected chi connectivity index (χ3v) is 7.66. The van der Waals surface area contributed by atoms with E-state index in [1.54, 1.807) is 24.4 Å². The number of nitrogens with one attached hydrogen (secondary N) is 2. The molecule has 1 aliphatic heterocycles. The fourth-order valence-electron chi connectivity index (χ4n) is 4.23. The van der Waals surface area contributed by atoms with E-state index in [0.29, 0.717) is 23.0 Å². The average molecular weight is 525 g/mol. The predicted molar refractivity (Wildman–Crippen MR) is 148 cm³/mol. The maximum atomic E-state index is 11.6. The molecule has 0 unspecified atom stereocenters. The zero-order chi connectivity index (χ0) is 25.3. The van der Waals surface area contributed by atoms with E-state index in [2.05, 4.69) is 36.7 Å². The van der Waals surface area contributed by atoms with Crippen LogP contribution in [0, 0.1) is 0 Å². The number of hydrogen-bond acceptors (Lipinski definition) is 10. The lowest BCUT2D eigenvalue weighted by Gasteiger charge is -2.34. The average Bonchev–Trinajstić information content (AvgIpc) is 3.28. The zero-order valence-corrected chi connectivity index (χ0v) is 21.7. The van der Waals surface area contributed by atoms with Gasteiger partial charge in [0.15, 0.2) is 0 Å². The number of pyridine rings is 1. The molecular weight excluding hydrogens is 496 g/mol. The molecule has 4 heterocycles. The molecule has 0 atom stereocenters. The molecule has 0 aliphatic carbocycles. The summed E-state index contributed by atoms with van der Waals surface area (Å²) in [5.74, 6) is 1.70. The summed E-state index contributed by atoms with van der Waals surface area (Å²) < 4.78 is 26.6. The number of anilines is 5. The molecule has 1 aromatic carbocycles. The van der Waals surface area contributed by atoms with Gasteiger partial charge >= 0.3 is 0 Å². The Labute approximate surface area is 214 Å². The summed E-state index contributed by atoms with van der Waals surface area (Å²) >= 11 is 1.45. The van der Waals surface area contributed by atoms with Gasteiger partial charge in [0.05, 0.1) is 28.4 Å². The van der Waals surface area contributed by atoms with Crippen LogP contribution in [0.2, 0.25) is 0 Å². The van der Waals surface area contributed by atoms with E-state index in [-0.39, 0.29) is 0 Å². The van der Waals surface area contributed by atoms with E-state index in [9.17, 15) is 8.42 Å². The van der Waals surface area contributed by atoms with Gasteiger partial charge in [-0.05, 0) is 36.4 Å². The van der Waals surface area contributed by atoms with Crippen molar-refractivity contribution in [1.82, 2.24) is 19.9 Å². The Kier molecular flexibility index (Phi) is 6.65. The molecule has 36 heavy (non-hydrogen) atoms. The van der Waals surface area contributed by atoms with E-state index in [1.165, 1.54) is 11.3 Å². The fraction of sp³-hybridized carbons (Fsp3) is 0.292. The number of piperazine rings is 1. The van der Waals surface area contributed by atoms with Crippen molar-refractivity contribution in [3.8, 4) is 11.1 Å². The van der Waals surface area contributed by atoms with Crippen LogP contribution in [0.15, 0.2) is 48.0 Å². The molecule has 0 amide bonds. The number of benzene rings is 1. The van der Waals surface area contributed by atoms with Gasteiger partial charge in [0.2, 0.25) is 16.0 Å². The van der Waals surface area contributed by atoms with Crippen molar-refractivity contribution >= 4 is 60.5 Å². The predicted octanol–water partition coefficient (Wildman–Crippen LogP) is 3.59. The number of fused-ring (bicyclic) bond motifs is 1. The van der Waals surface area contributed by atoms with Gasteiger partial charge in [-0.1, -0.05) is 19.1 Å². The molecule has 12 heteroatoms. The van der Waals surface area contributed by atoms with Gasteiger partial charge in [-0.15, -0.1) is 11.3 Å². The topological polar surface area (TPSA) is 129 Å². The van der Waals surface area contributed by atoms with Crippen molar-refractivity contribution in [3.63, 3.8) is 0 Å². The summed E-state index contributed by atoms with van der Waals surface area (Å²) in [6.45, 7) is 7.28. The maximum absolute atomic E-state index is 11.6. The highest BCUT2D eigenvalue weighted by Gasteiger charge is 2.17. The number of likely N-dealkylation sites (N-methyl/N-ethyl adjacent to an activating group) is 1. The van der Waals surface area contributed by atoms with Crippen molar-refractivity contribution < 1.29 is 8.42 Å². The molecule has 1 fully saturated rings. The number of thiophene rings is 1. The summed E-state index contributed by atoms with van der Waals surface area (Å²) in [6, 6.07) is 11.1. The third-order valence-electron chi connectivity index (χ3n) is 6.07. The molecule has 0 bridgehead atoms. The number of hydrogen-bond donors (Lipinski definition) is 3. The summed E-state index contributed by atoms with van der Waals surface area (Å²) in [5, 5.41) is 5.17. The highest BCUT2D eigenvalue weighted by molar-refractivity contribution is 7.92. The maximum Gasteiger partial charge on any atom is 0.229 e. The van der Waals surface area contributed by atoms with Crippen LogP contribution in [0.25, 0.3) is 21.3 Å². The van der Waals surface area contributed by atoms with Gasteiger partial charge in [-0.25, -0.2) is 18.4 Å². The van der Waals surface area contributed by atoms with Crippen molar-refractivity contribution in [2.24, 2.45) is 0 Å². The molecule has 5 rings (SSSR count). The summed E-state index contributed by atoms with van der Waals surface area (Å²) in [5.41, 5.74) is 9.89. The zero-order valence-electron chi connectivity index (χ0n) is 20.1. The number of rotatable bonds is 7. The Hall–Kier alpha value is -3.48. The van der Waals surface area contributed by atoms with E-state index >= 15 is 0 Å². The van der Waals surface area contributed by atoms with Crippen molar-refractivity contribution in [2.45, 2.75) is 6.92 Å². The third kappa shape index (κ3) is 5.35. The first-order valence-corrected chi connectivity index (χ1v) is 14.4. The van der Waals surface area contributed by atoms with Crippen molar-refractivity contribution in [3.05, 3.63) is 48.0 Å². The monoisotopic (exact) mass is 524 g/mol. The highest BCUT2D eigenvalue weighted by Crippen LogP contribution is 2.37. The van der Waals surface area contributed by atoms with E-state index in [0.717, 1.165) is 66.3 Å². The lowest BCUT2D eigenvalue weighted by Crippen LogP contribution is -2.46. The molecule has 0 radical (unpaired) electrons. The molecule has 0 spiro atoms. The molecule has 3 aromatic heterocycles. The van der Waals surface area contributed by atoms with E-state index in [1.807, 2.05) is 23.6 Å². The van der Waals surface area contributed by atoms with E-state index in [4.69, 9.17) is 10.7 Å². The lowest BCUT2D eigenvalue weighted by atomic mass is 10.1. The van der Waals surface area contributed by atoms with Crippen molar-refractivity contribution in [2.75, 3.05) is 59.7 Å². The lowest BCUT2D eigenvalue weighted by molar-refractivity contribution is 0.270. The van der Waals surface area contributed by atoms with Gasteiger partial charge in [0.25, 0.3) is 0 Å². The first-order valence-electron chi connectivity index (χ1n) is 11.6. The fourth-order valence-corrected chi connectivity index (χ4v) is 5.71. The Balaban J connectivity index is 1.38. The van der Waals surface area contributed by atoms with Gasteiger partial charge in [0.1, 0.15) is 11.6 Å². The molecule has 1 saturated heterocycles. The minimum Gasteiger partial charge on any atom is -0.382 e. The van der Waals surface area contributed by atoms with Gasteiger partial charge in [-0.3, -0.25) is 4.72 Å². The summed E-state index contributed by atoms with van der Waals surface area (Å²) in [7, 11) is -3.38. The van der Waals surface area contributed by atoms with Crippen LogP contribution in [0.1, 0.15) is 6.92 Å². The van der Waals surface area contributed by atoms with Crippen LogP contribution in [0.3, 0.4) is 0 Å². The number of nitrogens with zero attached hydrogens (tertiary/aromatic N) is 5. The Morgan fingerprint density at radius 3 is 2.58 bits per heavy atom. The van der Waals surface area contributed by atoms with Crippen LogP contribution in [-0.4, -0.2) is 67.2 Å². The molecule has 1 aliphatic rings. The highest BCUT2D eigenvalue weighted by atomic mass is 32.2. The number of nitrogens with two attached hydrogens (primary N) is 1. The molecule has 188 valence electrons. The first-order chi connectivity index (χ1) is 17.3. The minimum absolute atomic E-state index is 0.371. The second kappa shape index (κ2) is 9.88. The van der Waals surface area contributed by atoms with Crippen LogP contribution in [-0.2, 0) is 10.0 Å². The van der Waals surface area contributed by atoms with Gasteiger partial charge in [0, 0.05) is 42.8 Å². The van der Waals surface area contributed by atoms with Crippen molar-refractivity contribution in [1.29, 1.82) is 0 Å². The molecule has 10 nitrogen and oxygen atoms in total. The summed E-state index contributed by atoms with van der Waals surface area (Å²) in [4.78, 5) is 18.5. The van der Waals surface area contributed by atoms with E-state index < -0.39 is 10.0 Å². The Bertz CT molecular complexity index is 1480. The first kappa shape index (κ1) is 24.2. The number of aromatic nitrogens is 3. The molecule has 0 saturated carbocycles. The van der Waals surface area contributed by atoms with Crippen LogP contribution in [0.5, 0.6) is 0 Å².